The number of nitrogens with one attached hydrogen (secondary N) is 1. The number of rotatable bonds is 3. The standard InChI is InChI=1S/C14H15N3O2/c18-14(19-10-11-4-2-1-3-5-11)17-9-6-12(17)13-15-7-8-16-13/h1-5,7-8,12H,6,9-10H2,(H,15,16). The van der Waals surface area contributed by atoms with E-state index in [4.69, 9.17) is 4.74 Å². The molecule has 0 aliphatic carbocycles. The normalized spacial score (nSPS) is 17.9. The van der Waals surface area contributed by atoms with Crippen molar-refractivity contribution >= 4 is 6.09 Å². The maximum Gasteiger partial charge on any atom is 0.410 e. The van der Waals surface area contributed by atoms with Gasteiger partial charge in [0, 0.05) is 18.9 Å². The second-order valence-corrected chi connectivity index (χ2v) is 4.51. The Morgan fingerprint density at radius 2 is 2.26 bits per heavy atom. The summed E-state index contributed by atoms with van der Waals surface area (Å²) in [5, 5.41) is 0. The Morgan fingerprint density at radius 3 is 2.89 bits per heavy atom. The zero-order valence-corrected chi connectivity index (χ0v) is 10.5. The molecular weight excluding hydrogens is 242 g/mol. The van der Waals surface area contributed by atoms with E-state index >= 15 is 0 Å². The molecule has 3 rings (SSSR count). The summed E-state index contributed by atoms with van der Waals surface area (Å²) in [5.41, 5.74) is 0.992. The van der Waals surface area contributed by atoms with Gasteiger partial charge in [-0.2, -0.15) is 0 Å². The smallest absolute Gasteiger partial charge is 0.410 e. The Bertz CT molecular complexity index is 539. The number of hydrogen-bond donors (Lipinski definition) is 1. The fraction of sp³-hybridized carbons (Fsp3) is 0.286. The SMILES string of the molecule is O=C(OCc1ccccc1)N1CCC1c1ncc[nH]1. The first kappa shape index (κ1) is 11.8. The van der Waals surface area contributed by atoms with Crippen LogP contribution in [0.2, 0.25) is 0 Å². The molecule has 1 aromatic heterocycles. The van der Waals surface area contributed by atoms with Gasteiger partial charge in [-0.05, 0) is 12.0 Å². The molecule has 0 bridgehead atoms. The zero-order valence-electron chi connectivity index (χ0n) is 10.5. The molecule has 1 atom stereocenters. The van der Waals surface area contributed by atoms with E-state index in [1.165, 1.54) is 0 Å². The van der Waals surface area contributed by atoms with Gasteiger partial charge in [0.2, 0.25) is 0 Å². The van der Waals surface area contributed by atoms with Crippen molar-refractivity contribution in [1.82, 2.24) is 14.9 Å². The fourth-order valence-corrected chi connectivity index (χ4v) is 2.15. The minimum absolute atomic E-state index is 0.0262. The molecule has 2 heterocycles. The van der Waals surface area contributed by atoms with Crippen LogP contribution in [0.1, 0.15) is 23.9 Å². The van der Waals surface area contributed by atoms with E-state index in [0.29, 0.717) is 6.61 Å². The van der Waals surface area contributed by atoms with Crippen LogP contribution >= 0.6 is 0 Å². The van der Waals surface area contributed by atoms with Crippen molar-refractivity contribution in [3.8, 4) is 0 Å². The molecule has 1 unspecified atom stereocenters. The first-order valence-corrected chi connectivity index (χ1v) is 6.31. The maximum absolute atomic E-state index is 12.0. The third-order valence-electron chi connectivity index (χ3n) is 3.29. The van der Waals surface area contributed by atoms with Crippen molar-refractivity contribution in [3.63, 3.8) is 0 Å². The highest BCUT2D eigenvalue weighted by Gasteiger charge is 2.36. The van der Waals surface area contributed by atoms with Crippen LogP contribution in [0.3, 0.4) is 0 Å². The average Bonchev–Trinajstić information content (AvgIpc) is 2.90. The van der Waals surface area contributed by atoms with Gasteiger partial charge in [-0.3, -0.25) is 4.90 Å². The van der Waals surface area contributed by atoms with E-state index in [1.54, 1.807) is 17.3 Å². The summed E-state index contributed by atoms with van der Waals surface area (Å²) in [6, 6.07) is 9.70. The van der Waals surface area contributed by atoms with E-state index in [-0.39, 0.29) is 12.1 Å². The molecule has 19 heavy (non-hydrogen) atoms. The molecule has 1 fully saturated rings. The summed E-state index contributed by atoms with van der Waals surface area (Å²) in [4.78, 5) is 20.9. The lowest BCUT2D eigenvalue weighted by atomic mass is 10.0. The lowest BCUT2D eigenvalue weighted by Crippen LogP contribution is -2.45. The van der Waals surface area contributed by atoms with Crippen LogP contribution in [0.4, 0.5) is 4.79 Å². The molecule has 0 radical (unpaired) electrons. The van der Waals surface area contributed by atoms with Crippen LogP contribution in [-0.4, -0.2) is 27.5 Å². The van der Waals surface area contributed by atoms with Crippen LogP contribution in [0.5, 0.6) is 0 Å². The van der Waals surface area contributed by atoms with Crippen molar-refractivity contribution < 1.29 is 9.53 Å². The third kappa shape index (κ3) is 2.45. The van der Waals surface area contributed by atoms with E-state index in [1.807, 2.05) is 30.3 Å². The zero-order chi connectivity index (χ0) is 13.1. The molecule has 1 aromatic carbocycles. The van der Waals surface area contributed by atoms with Crippen LogP contribution in [0, 0.1) is 0 Å². The second-order valence-electron chi connectivity index (χ2n) is 4.51. The third-order valence-corrected chi connectivity index (χ3v) is 3.29. The maximum atomic E-state index is 12.0. The Hall–Kier alpha value is -2.30. The van der Waals surface area contributed by atoms with Crippen LogP contribution in [0.25, 0.3) is 0 Å². The molecule has 2 aromatic rings. The molecule has 1 amide bonds. The van der Waals surface area contributed by atoms with Gasteiger partial charge in [0.25, 0.3) is 0 Å². The lowest BCUT2D eigenvalue weighted by Gasteiger charge is -2.38. The Balaban J connectivity index is 1.56. The number of H-pyrrole nitrogens is 1. The van der Waals surface area contributed by atoms with Gasteiger partial charge in [0.15, 0.2) is 0 Å². The monoisotopic (exact) mass is 257 g/mol. The van der Waals surface area contributed by atoms with Crippen LogP contribution in [0.15, 0.2) is 42.7 Å². The van der Waals surface area contributed by atoms with Gasteiger partial charge in [-0.15, -0.1) is 0 Å². The summed E-state index contributed by atoms with van der Waals surface area (Å²) in [6.45, 7) is 1.03. The Morgan fingerprint density at radius 1 is 1.42 bits per heavy atom. The fourth-order valence-electron chi connectivity index (χ4n) is 2.15. The predicted octanol–water partition coefficient (Wildman–Crippen LogP) is 2.49. The lowest BCUT2D eigenvalue weighted by molar-refractivity contribution is 0.0406. The van der Waals surface area contributed by atoms with E-state index in [9.17, 15) is 4.79 Å². The Labute approximate surface area is 111 Å². The largest absolute Gasteiger partial charge is 0.445 e. The first-order chi connectivity index (χ1) is 9.34. The van der Waals surface area contributed by atoms with Crippen molar-refractivity contribution in [2.24, 2.45) is 0 Å². The van der Waals surface area contributed by atoms with E-state index in [2.05, 4.69) is 9.97 Å². The van der Waals surface area contributed by atoms with E-state index in [0.717, 1.165) is 24.4 Å². The van der Waals surface area contributed by atoms with Gasteiger partial charge in [0.05, 0.1) is 6.04 Å². The van der Waals surface area contributed by atoms with Gasteiger partial charge in [-0.25, -0.2) is 9.78 Å². The molecule has 1 N–H and O–H groups in total. The predicted molar refractivity (Wildman–Crippen MR) is 69.3 cm³/mol. The number of carbonyl (C=O) groups is 1. The molecule has 1 aliphatic heterocycles. The number of amides is 1. The van der Waals surface area contributed by atoms with Gasteiger partial charge in [0.1, 0.15) is 12.4 Å². The summed E-state index contributed by atoms with van der Waals surface area (Å²) in [5.74, 6) is 0.822. The molecule has 0 spiro atoms. The topological polar surface area (TPSA) is 58.2 Å². The van der Waals surface area contributed by atoms with Gasteiger partial charge in [-0.1, -0.05) is 30.3 Å². The van der Waals surface area contributed by atoms with Crippen molar-refractivity contribution in [3.05, 3.63) is 54.1 Å². The molecule has 1 saturated heterocycles. The number of aromatic amines is 1. The molecule has 0 saturated carbocycles. The van der Waals surface area contributed by atoms with Gasteiger partial charge < -0.3 is 9.72 Å². The number of ether oxygens (including phenoxy) is 1. The number of benzene rings is 1. The van der Waals surface area contributed by atoms with Crippen molar-refractivity contribution in [1.29, 1.82) is 0 Å². The minimum atomic E-state index is -0.281. The van der Waals surface area contributed by atoms with Gasteiger partial charge >= 0.3 is 6.09 Å². The Kier molecular flexibility index (Phi) is 3.18. The highest BCUT2D eigenvalue weighted by Crippen LogP contribution is 2.31. The number of nitrogens with zero attached hydrogens (tertiary/aromatic N) is 2. The van der Waals surface area contributed by atoms with Crippen molar-refractivity contribution in [2.45, 2.75) is 19.1 Å². The molecule has 1 aliphatic rings. The number of aromatic nitrogens is 2. The average molecular weight is 257 g/mol. The van der Waals surface area contributed by atoms with Crippen LogP contribution < -0.4 is 0 Å². The highest BCUT2D eigenvalue weighted by molar-refractivity contribution is 5.69. The number of carbonyl (C=O) groups excluding carboxylic acids is 1. The van der Waals surface area contributed by atoms with Crippen LogP contribution in [-0.2, 0) is 11.3 Å². The first-order valence-electron chi connectivity index (χ1n) is 6.31. The summed E-state index contributed by atoms with van der Waals surface area (Å²) in [7, 11) is 0. The minimum Gasteiger partial charge on any atom is -0.445 e. The number of imidazole rings is 1. The molecular formula is C14H15N3O2. The quantitative estimate of drug-likeness (QED) is 0.919. The number of hydrogen-bond acceptors (Lipinski definition) is 3. The second kappa shape index (κ2) is 5.14. The summed E-state index contributed by atoms with van der Waals surface area (Å²) < 4.78 is 5.31. The summed E-state index contributed by atoms with van der Waals surface area (Å²) in [6.07, 6.45) is 4.10. The molecule has 5 heteroatoms. The van der Waals surface area contributed by atoms with Crippen molar-refractivity contribution in [2.75, 3.05) is 6.54 Å². The number of likely N-dealkylation sites (tertiary alicyclic amines) is 1. The molecule has 98 valence electrons. The summed E-state index contributed by atoms with van der Waals surface area (Å²) >= 11 is 0. The van der Waals surface area contributed by atoms with E-state index < -0.39 is 0 Å². The molecule has 5 nitrogen and oxygen atoms in total. The highest BCUT2D eigenvalue weighted by atomic mass is 16.6.